The van der Waals surface area contributed by atoms with Gasteiger partial charge in [0.05, 0.1) is 0 Å². The lowest BCUT2D eigenvalue weighted by atomic mass is 10.0. The van der Waals surface area contributed by atoms with Crippen LogP contribution >= 0.6 is 0 Å². The van der Waals surface area contributed by atoms with E-state index in [1.807, 2.05) is 0 Å². The van der Waals surface area contributed by atoms with Crippen LogP contribution in [0.5, 0.6) is 0 Å². The van der Waals surface area contributed by atoms with Crippen LogP contribution in [-0.2, 0) is 4.74 Å². The molecule has 0 saturated carbocycles. The first kappa shape index (κ1) is 18.9. The number of ether oxygens (including phenoxy) is 1. The van der Waals surface area contributed by atoms with Crippen LogP contribution in [0.15, 0.2) is 0 Å². The van der Waals surface area contributed by atoms with E-state index in [0.29, 0.717) is 0 Å². The Bertz CT molecular complexity index is 299. The molecule has 1 heterocycles. The molecule has 0 spiro atoms. The van der Waals surface area contributed by atoms with Gasteiger partial charge in [0.2, 0.25) is 0 Å². The van der Waals surface area contributed by atoms with Crippen LogP contribution in [-0.4, -0.2) is 42.6 Å². The molecule has 120 valence electrons. The zero-order valence-electron chi connectivity index (χ0n) is 15.7. The van der Waals surface area contributed by atoms with Gasteiger partial charge in [-0.25, -0.2) is 0 Å². The summed E-state index contributed by atoms with van der Waals surface area (Å²) in [5.74, 6) is 1.66. The first-order valence-corrected chi connectivity index (χ1v) is 24.0. The third-order valence-electron chi connectivity index (χ3n) is 5.93. The minimum absolute atomic E-state index is 0.797. The summed E-state index contributed by atoms with van der Waals surface area (Å²) >= 11 is 0. The molecular weight excluding hydrogens is 309 g/mol. The van der Waals surface area contributed by atoms with Gasteiger partial charge in [0.25, 0.3) is 0 Å². The van der Waals surface area contributed by atoms with Crippen molar-refractivity contribution in [1.82, 2.24) is 0 Å². The molecule has 0 N–H and O–H groups in total. The summed E-state index contributed by atoms with van der Waals surface area (Å²) in [6.45, 7) is 27.7. The smallest absolute Gasteiger partial charge is 0.0495 e. The van der Waals surface area contributed by atoms with E-state index in [1.54, 1.807) is 6.04 Å². The van der Waals surface area contributed by atoms with E-state index in [9.17, 15) is 0 Å². The van der Waals surface area contributed by atoms with Crippen LogP contribution in [0.3, 0.4) is 0 Å². The van der Waals surface area contributed by atoms with Crippen LogP contribution in [0.4, 0.5) is 0 Å². The molecule has 0 amide bonds. The van der Waals surface area contributed by atoms with Gasteiger partial charge >= 0.3 is 0 Å². The SMILES string of the molecule is CC1COCC1C[Si]([Si](C)(C)C)([Si](C)(C)C)[Si](C)(C)C. The average molecular weight is 347 g/mol. The second kappa shape index (κ2) is 5.79. The van der Waals surface area contributed by atoms with Crippen molar-refractivity contribution < 1.29 is 4.74 Å². The summed E-state index contributed by atoms with van der Waals surface area (Å²) in [6.07, 6.45) is 0. The Kier molecular flexibility index (Phi) is 5.47. The third-order valence-corrected chi connectivity index (χ3v) is 80.1. The molecule has 2 atom stereocenters. The Hall–Kier alpha value is 0.828. The molecule has 0 bridgehead atoms. The molecule has 1 aliphatic heterocycles. The third kappa shape index (κ3) is 3.26. The normalized spacial score (nSPS) is 26.1. The minimum atomic E-state index is -1.17. The maximum atomic E-state index is 5.82. The Morgan fingerprint density at radius 2 is 1.15 bits per heavy atom. The van der Waals surface area contributed by atoms with Crippen molar-refractivity contribution in [3.63, 3.8) is 0 Å². The summed E-state index contributed by atoms with van der Waals surface area (Å²) < 4.78 is 5.82. The van der Waals surface area contributed by atoms with Crippen molar-refractivity contribution in [2.45, 2.75) is 71.9 Å². The van der Waals surface area contributed by atoms with Gasteiger partial charge in [-0.15, -0.1) is 0 Å². The Morgan fingerprint density at radius 1 is 0.750 bits per heavy atom. The van der Waals surface area contributed by atoms with Gasteiger partial charge in [-0.1, -0.05) is 71.9 Å². The van der Waals surface area contributed by atoms with Gasteiger partial charge < -0.3 is 4.74 Å². The van der Waals surface area contributed by atoms with Crippen LogP contribution in [0.25, 0.3) is 0 Å². The van der Waals surface area contributed by atoms with Crippen molar-refractivity contribution in [1.29, 1.82) is 0 Å². The highest BCUT2D eigenvalue weighted by Gasteiger charge is 2.61. The van der Waals surface area contributed by atoms with Crippen molar-refractivity contribution in [2.75, 3.05) is 13.2 Å². The molecule has 1 nitrogen and oxygen atoms in total. The Labute approximate surface area is 131 Å². The maximum Gasteiger partial charge on any atom is 0.0495 e. The predicted octanol–water partition coefficient (Wildman–Crippen LogP) is 4.97. The van der Waals surface area contributed by atoms with E-state index in [0.717, 1.165) is 25.0 Å². The van der Waals surface area contributed by atoms with Crippen LogP contribution in [0, 0.1) is 11.8 Å². The second-order valence-electron chi connectivity index (χ2n) is 10.1. The summed E-state index contributed by atoms with van der Waals surface area (Å²) in [5.41, 5.74) is 0. The predicted molar refractivity (Wildman–Crippen MR) is 104 cm³/mol. The maximum absolute atomic E-state index is 5.82. The first-order chi connectivity index (χ1) is 8.74. The summed E-state index contributed by atoms with van der Waals surface area (Å²) in [7, 11) is -3.29. The molecule has 1 fully saturated rings. The zero-order valence-corrected chi connectivity index (χ0v) is 19.7. The standard InChI is InChI=1S/C15H38OSi4/c1-14-11-16-12-15(14)13-20(17(2,3)4,18(5,6)7)19(8,9)10/h14-15H,11-13H2,1-10H3. The average Bonchev–Trinajstić information content (AvgIpc) is 2.54. The molecule has 1 saturated heterocycles. The molecule has 1 rings (SSSR count). The lowest BCUT2D eigenvalue weighted by Gasteiger charge is -2.59. The summed E-state index contributed by atoms with van der Waals surface area (Å²) in [4.78, 5) is 0. The molecule has 0 aromatic rings. The largest absolute Gasteiger partial charge is 0.381 e. The summed E-state index contributed by atoms with van der Waals surface area (Å²) in [6, 6.07) is 1.59. The zero-order chi connectivity index (χ0) is 16.0. The monoisotopic (exact) mass is 346 g/mol. The molecule has 1 aliphatic rings. The second-order valence-corrected chi connectivity index (χ2v) is 51.5. The van der Waals surface area contributed by atoms with Crippen molar-refractivity contribution in [3.8, 4) is 0 Å². The van der Waals surface area contributed by atoms with E-state index in [2.05, 4.69) is 65.8 Å². The van der Waals surface area contributed by atoms with Crippen LogP contribution in [0.2, 0.25) is 65.0 Å². The molecule has 2 unspecified atom stereocenters. The lowest BCUT2D eigenvalue weighted by molar-refractivity contribution is 0.183. The Balaban J connectivity index is 3.32. The molecule has 0 aromatic carbocycles. The molecular formula is C15H38OSi4. The van der Waals surface area contributed by atoms with Gasteiger partial charge in [0.15, 0.2) is 0 Å². The topological polar surface area (TPSA) is 9.23 Å². The van der Waals surface area contributed by atoms with E-state index >= 15 is 0 Å². The highest BCUT2D eigenvalue weighted by molar-refractivity contribution is 7.89. The fourth-order valence-corrected chi connectivity index (χ4v) is 104. The Morgan fingerprint density at radius 3 is 1.40 bits per heavy atom. The van der Waals surface area contributed by atoms with Crippen molar-refractivity contribution in [3.05, 3.63) is 0 Å². The van der Waals surface area contributed by atoms with E-state index in [4.69, 9.17) is 4.74 Å². The highest BCUT2D eigenvalue weighted by Crippen LogP contribution is 2.44. The van der Waals surface area contributed by atoms with Gasteiger partial charge in [-0.05, 0) is 11.8 Å². The molecule has 5 heteroatoms. The van der Waals surface area contributed by atoms with Gasteiger partial charge in [-0.2, -0.15) is 0 Å². The number of hydrogen-bond acceptors (Lipinski definition) is 1. The van der Waals surface area contributed by atoms with Crippen LogP contribution in [0.1, 0.15) is 6.92 Å². The molecule has 0 aliphatic carbocycles. The fraction of sp³-hybridized carbons (Fsp3) is 1.00. The first-order valence-electron chi connectivity index (χ1n) is 8.32. The van der Waals surface area contributed by atoms with Crippen LogP contribution < -0.4 is 0 Å². The van der Waals surface area contributed by atoms with Gasteiger partial charge in [-0.3, -0.25) is 0 Å². The highest BCUT2D eigenvalue weighted by atomic mass is 29.9. The quantitative estimate of drug-likeness (QED) is 0.639. The molecule has 0 aromatic heterocycles. The number of hydrogen-bond donors (Lipinski definition) is 0. The fourth-order valence-electron chi connectivity index (χ4n) is 5.65. The van der Waals surface area contributed by atoms with Gasteiger partial charge in [0, 0.05) is 42.6 Å². The van der Waals surface area contributed by atoms with E-state index in [1.165, 1.54) is 0 Å². The lowest BCUT2D eigenvalue weighted by Crippen LogP contribution is -2.83. The van der Waals surface area contributed by atoms with Crippen molar-refractivity contribution >= 4 is 29.4 Å². The molecule has 20 heavy (non-hydrogen) atoms. The van der Waals surface area contributed by atoms with E-state index < -0.39 is 29.4 Å². The summed E-state index contributed by atoms with van der Waals surface area (Å²) in [5, 5.41) is 0. The molecule has 0 radical (unpaired) electrons. The van der Waals surface area contributed by atoms with E-state index in [-0.39, 0.29) is 0 Å². The van der Waals surface area contributed by atoms with Gasteiger partial charge in [0.1, 0.15) is 0 Å². The number of rotatable bonds is 5. The minimum Gasteiger partial charge on any atom is -0.381 e. The van der Waals surface area contributed by atoms with Crippen molar-refractivity contribution in [2.24, 2.45) is 11.8 Å².